The van der Waals surface area contributed by atoms with E-state index in [1.54, 1.807) is 6.07 Å². The largest absolute Gasteiger partial charge is 0.329 e. The molecule has 2 rings (SSSR count). The predicted molar refractivity (Wildman–Crippen MR) is 73.1 cm³/mol. The van der Waals surface area contributed by atoms with Gasteiger partial charge in [0.25, 0.3) is 0 Å². The zero-order valence-electron chi connectivity index (χ0n) is 10.7. The van der Waals surface area contributed by atoms with Crippen molar-refractivity contribution in [3.8, 4) is 0 Å². The van der Waals surface area contributed by atoms with Gasteiger partial charge in [0.2, 0.25) is 0 Å². The summed E-state index contributed by atoms with van der Waals surface area (Å²) in [6, 6.07) is 5.01. The van der Waals surface area contributed by atoms with Crippen molar-refractivity contribution in [1.29, 1.82) is 0 Å². The first-order valence-corrected chi connectivity index (χ1v) is 6.87. The highest BCUT2D eigenvalue weighted by atomic mass is 35.5. The first kappa shape index (κ1) is 13.8. The highest BCUT2D eigenvalue weighted by Crippen LogP contribution is 2.26. The Morgan fingerprint density at radius 1 is 1.50 bits per heavy atom. The van der Waals surface area contributed by atoms with Crippen LogP contribution in [0.1, 0.15) is 25.3 Å². The molecule has 0 spiro atoms. The topological polar surface area (TPSA) is 29.3 Å². The fraction of sp³-hybridized carbons (Fsp3) is 0.571. The molecule has 1 saturated heterocycles. The van der Waals surface area contributed by atoms with E-state index in [4.69, 9.17) is 17.3 Å². The van der Waals surface area contributed by atoms with Gasteiger partial charge in [-0.05, 0) is 43.0 Å². The number of hydrogen-bond acceptors (Lipinski definition) is 2. The summed E-state index contributed by atoms with van der Waals surface area (Å²) in [5, 5.41) is 0.504. The molecule has 0 aromatic heterocycles. The van der Waals surface area contributed by atoms with E-state index in [9.17, 15) is 4.39 Å². The van der Waals surface area contributed by atoms with Gasteiger partial charge in [-0.3, -0.25) is 4.90 Å². The van der Waals surface area contributed by atoms with E-state index in [0.717, 1.165) is 18.7 Å². The van der Waals surface area contributed by atoms with Crippen molar-refractivity contribution < 1.29 is 4.39 Å². The van der Waals surface area contributed by atoms with E-state index in [1.807, 2.05) is 0 Å². The number of rotatable bonds is 3. The highest BCUT2D eigenvalue weighted by molar-refractivity contribution is 6.31. The van der Waals surface area contributed by atoms with Crippen LogP contribution in [0.15, 0.2) is 18.2 Å². The number of nitrogens with two attached hydrogens (primary N) is 1. The molecule has 1 aliphatic rings. The summed E-state index contributed by atoms with van der Waals surface area (Å²) in [6.07, 6.45) is 2.42. The van der Waals surface area contributed by atoms with Gasteiger partial charge in [-0.1, -0.05) is 24.6 Å². The molecule has 1 fully saturated rings. The second kappa shape index (κ2) is 6.00. The minimum absolute atomic E-state index is 0.286. The van der Waals surface area contributed by atoms with Gasteiger partial charge in [0.15, 0.2) is 0 Å². The van der Waals surface area contributed by atoms with Crippen LogP contribution < -0.4 is 5.73 Å². The van der Waals surface area contributed by atoms with E-state index >= 15 is 0 Å². The molecule has 0 saturated carbocycles. The van der Waals surface area contributed by atoms with Gasteiger partial charge in [0.1, 0.15) is 5.82 Å². The molecule has 0 amide bonds. The van der Waals surface area contributed by atoms with Crippen molar-refractivity contribution in [3.05, 3.63) is 34.6 Å². The van der Waals surface area contributed by atoms with Gasteiger partial charge in [0, 0.05) is 24.2 Å². The number of hydrogen-bond donors (Lipinski definition) is 1. The molecule has 2 unspecified atom stereocenters. The smallest absolute Gasteiger partial charge is 0.124 e. The fourth-order valence-electron chi connectivity index (χ4n) is 2.78. The van der Waals surface area contributed by atoms with Crippen LogP contribution >= 0.6 is 11.6 Å². The summed E-state index contributed by atoms with van der Waals surface area (Å²) >= 11 is 6.08. The van der Waals surface area contributed by atoms with Crippen LogP contribution in [0.3, 0.4) is 0 Å². The minimum atomic E-state index is -0.286. The van der Waals surface area contributed by atoms with Crippen LogP contribution in [0.2, 0.25) is 5.02 Å². The van der Waals surface area contributed by atoms with Crippen molar-refractivity contribution >= 4 is 11.6 Å². The monoisotopic (exact) mass is 270 g/mol. The average molecular weight is 271 g/mol. The maximum atomic E-state index is 13.0. The maximum absolute atomic E-state index is 13.0. The zero-order valence-corrected chi connectivity index (χ0v) is 11.5. The van der Waals surface area contributed by atoms with Gasteiger partial charge in [0.05, 0.1) is 0 Å². The summed E-state index contributed by atoms with van der Waals surface area (Å²) in [5.41, 5.74) is 6.84. The number of piperidine rings is 1. The van der Waals surface area contributed by atoms with E-state index in [-0.39, 0.29) is 5.82 Å². The van der Waals surface area contributed by atoms with E-state index in [2.05, 4.69) is 11.8 Å². The molecule has 4 heteroatoms. The fourth-order valence-corrected chi connectivity index (χ4v) is 3.01. The Bertz CT molecular complexity index is 411. The molecular weight excluding hydrogens is 251 g/mol. The van der Waals surface area contributed by atoms with Crippen LogP contribution in [0.4, 0.5) is 4.39 Å². The molecule has 2 atom stereocenters. The Hall–Kier alpha value is -0.640. The lowest BCUT2D eigenvalue weighted by molar-refractivity contribution is 0.0991. The third-order valence-electron chi connectivity index (χ3n) is 3.86. The lowest BCUT2D eigenvalue weighted by Gasteiger charge is -2.39. The molecule has 1 aromatic rings. The highest BCUT2D eigenvalue weighted by Gasteiger charge is 2.27. The Balaban J connectivity index is 2.11. The van der Waals surface area contributed by atoms with Crippen LogP contribution in [-0.2, 0) is 6.54 Å². The Labute approximate surface area is 113 Å². The lowest BCUT2D eigenvalue weighted by atomic mass is 9.90. The second-order valence-corrected chi connectivity index (χ2v) is 5.54. The first-order chi connectivity index (χ1) is 8.61. The van der Waals surface area contributed by atoms with Gasteiger partial charge in [-0.15, -0.1) is 0 Å². The van der Waals surface area contributed by atoms with Crippen molar-refractivity contribution in [2.45, 2.75) is 32.4 Å². The van der Waals surface area contributed by atoms with Crippen molar-refractivity contribution in [1.82, 2.24) is 4.90 Å². The normalized spacial score (nSPS) is 25.3. The van der Waals surface area contributed by atoms with Crippen LogP contribution in [0.5, 0.6) is 0 Å². The van der Waals surface area contributed by atoms with Gasteiger partial charge in [-0.25, -0.2) is 4.39 Å². The maximum Gasteiger partial charge on any atom is 0.124 e. The Kier molecular flexibility index (Phi) is 4.60. The third-order valence-corrected chi connectivity index (χ3v) is 4.21. The van der Waals surface area contributed by atoms with E-state index in [1.165, 1.54) is 25.0 Å². The van der Waals surface area contributed by atoms with Crippen molar-refractivity contribution in [2.75, 3.05) is 13.1 Å². The van der Waals surface area contributed by atoms with E-state index in [0.29, 0.717) is 23.5 Å². The molecule has 0 radical (unpaired) electrons. The molecule has 2 N–H and O–H groups in total. The summed E-state index contributed by atoms with van der Waals surface area (Å²) in [5.74, 6) is 0.328. The third kappa shape index (κ3) is 3.02. The first-order valence-electron chi connectivity index (χ1n) is 6.50. The Morgan fingerprint density at radius 2 is 2.28 bits per heavy atom. The molecule has 1 heterocycles. The molecule has 18 heavy (non-hydrogen) atoms. The molecule has 0 bridgehead atoms. The van der Waals surface area contributed by atoms with Gasteiger partial charge >= 0.3 is 0 Å². The molecular formula is C14H20ClFN2. The molecule has 0 aliphatic carbocycles. The van der Waals surface area contributed by atoms with Crippen LogP contribution in [-0.4, -0.2) is 24.0 Å². The second-order valence-electron chi connectivity index (χ2n) is 5.13. The van der Waals surface area contributed by atoms with Gasteiger partial charge in [-0.2, -0.15) is 0 Å². The average Bonchev–Trinajstić information content (AvgIpc) is 2.33. The number of benzene rings is 1. The van der Waals surface area contributed by atoms with Crippen LogP contribution in [0, 0.1) is 11.7 Å². The van der Waals surface area contributed by atoms with Crippen molar-refractivity contribution in [3.63, 3.8) is 0 Å². The molecule has 1 aromatic carbocycles. The molecule has 2 nitrogen and oxygen atoms in total. The number of halogens is 2. The Morgan fingerprint density at radius 3 is 2.94 bits per heavy atom. The zero-order chi connectivity index (χ0) is 13.1. The quantitative estimate of drug-likeness (QED) is 0.915. The van der Waals surface area contributed by atoms with E-state index < -0.39 is 0 Å². The van der Waals surface area contributed by atoms with Gasteiger partial charge < -0.3 is 5.73 Å². The summed E-state index contributed by atoms with van der Waals surface area (Å²) in [4.78, 5) is 2.37. The minimum Gasteiger partial charge on any atom is -0.329 e. The summed E-state index contributed by atoms with van der Waals surface area (Å²) < 4.78 is 13.0. The number of nitrogens with zero attached hydrogens (tertiary/aromatic N) is 1. The van der Waals surface area contributed by atoms with Crippen molar-refractivity contribution in [2.24, 2.45) is 11.7 Å². The SMILES string of the molecule is CC1CCCN(Cc2ccc(F)cc2Cl)C1CN. The molecule has 1 aliphatic heterocycles. The van der Waals surface area contributed by atoms with Crippen LogP contribution in [0.25, 0.3) is 0 Å². The standard InChI is InChI=1S/C14H20ClFN2/c1-10-3-2-6-18(14(10)8-17)9-11-4-5-12(16)7-13(11)15/h4-5,7,10,14H,2-3,6,8-9,17H2,1H3. The number of likely N-dealkylation sites (tertiary alicyclic amines) is 1. The molecule has 100 valence electrons. The summed E-state index contributed by atoms with van der Waals surface area (Å²) in [7, 11) is 0. The lowest BCUT2D eigenvalue weighted by Crippen LogP contribution is -2.48. The summed E-state index contributed by atoms with van der Waals surface area (Å²) in [6.45, 7) is 4.71. The predicted octanol–water partition coefficient (Wildman–Crippen LogP) is 3.04.